The summed E-state index contributed by atoms with van der Waals surface area (Å²) in [6.07, 6.45) is 3.95. The van der Waals surface area contributed by atoms with Gasteiger partial charge in [-0.05, 0) is 17.9 Å². The molecule has 0 aliphatic heterocycles. The molecule has 1 atom stereocenters. The van der Waals surface area contributed by atoms with Gasteiger partial charge in [0.1, 0.15) is 0 Å². The van der Waals surface area contributed by atoms with Crippen LogP contribution in [0.3, 0.4) is 0 Å². The van der Waals surface area contributed by atoms with Gasteiger partial charge in [0.15, 0.2) is 0 Å². The third-order valence-corrected chi connectivity index (χ3v) is 2.42. The van der Waals surface area contributed by atoms with Gasteiger partial charge in [-0.15, -0.1) is 0 Å². The lowest BCUT2D eigenvalue weighted by Crippen LogP contribution is -2.25. The van der Waals surface area contributed by atoms with Crippen LogP contribution in [0.2, 0.25) is 0 Å². The Morgan fingerprint density at radius 2 is 1.94 bits per heavy atom. The highest BCUT2D eigenvalue weighted by atomic mass is 16.3. The number of nitrogens with one attached hydrogen (secondary N) is 2. The molecule has 1 heterocycles. The molecule has 4 heteroatoms. The molecule has 0 aliphatic carbocycles. The number of aromatic nitrogens is 1. The summed E-state index contributed by atoms with van der Waals surface area (Å²) in [5, 5.41) is 16.1. The van der Waals surface area contributed by atoms with E-state index < -0.39 is 0 Å². The summed E-state index contributed by atoms with van der Waals surface area (Å²) in [6.45, 7) is 6.92. The Balaban J connectivity index is 2.44. The van der Waals surface area contributed by atoms with Crippen molar-refractivity contribution in [3.8, 4) is 0 Å². The second-order valence-electron chi connectivity index (χ2n) is 5.51. The quantitative estimate of drug-likeness (QED) is 0.735. The average molecular weight is 237 g/mol. The van der Waals surface area contributed by atoms with Crippen molar-refractivity contribution in [3.63, 3.8) is 0 Å². The minimum Gasteiger partial charge on any atom is -0.391 e. The molecule has 0 radical (unpaired) electrons. The van der Waals surface area contributed by atoms with Gasteiger partial charge < -0.3 is 15.7 Å². The molecule has 1 aromatic rings. The van der Waals surface area contributed by atoms with Gasteiger partial charge in [0.25, 0.3) is 0 Å². The predicted molar refractivity (Wildman–Crippen MR) is 72.4 cm³/mol. The molecule has 1 aromatic heterocycles. The second kappa shape index (κ2) is 5.87. The summed E-state index contributed by atoms with van der Waals surface area (Å²) in [6, 6.07) is 1.97. The highest BCUT2D eigenvalue weighted by Crippen LogP contribution is 2.21. The van der Waals surface area contributed by atoms with Crippen molar-refractivity contribution in [2.45, 2.75) is 33.3 Å². The lowest BCUT2D eigenvalue weighted by molar-refractivity contribution is 0.132. The van der Waals surface area contributed by atoms with Gasteiger partial charge in [-0.3, -0.25) is 4.98 Å². The maximum atomic E-state index is 9.87. The second-order valence-corrected chi connectivity index (χ2v) is 5.51. The minimum absolute atomic E-state index is 0.145. The zero-order chi connectivity index (χ0) is 12.9. The van der Waals surface area contributed by atoms with E-state index in [0.717, 1.165) is 17.8 Å². The molecule has 0 saturated carbocycles. The van der Waals surface area contributed by atoms with E-state index in [0.29, 0.717) is 6.54 Å². The van der Waals surface area contributed by atoms with Crippen LogP contribution in [0.5, 0.6) is 0 Å². The molecule has 96 valence electrons. The standard InChI is InChI=1S/C13H23N3O/c1-13(2,3)6-12(17)9-16-11-5-10(14-4)7-15-8-11/h5,7-8,12,14,16-17H,6,9H2,1-4H3. The molecule has 0 aromatic carbocycles. The number of hydrogen-bond donors (Lipinski definition) is 3. The zero-order valence-corrected chi connectivity index (χ0v) is 11.1. The van der Waals surface area contributed by atoms with Gasteiger partial charge in [0, 0.05) is 13.6 Å². The van der Waals surface area contributed by atoms with Crippen LogP contribution >= 0.6 is 0 Å². The topological polar surface area (TPSA) is 57.2 Å². The lowest BCUT2D eigenvalue weighted by Gasteiger charge is -2.22. The summed E-state index contributed by atoms with van der Waals surface area (Å²) in [7, 11) is 1.86. The van der Waals surface area contributed by atoms with Gasteiger partial charge in [0.05, 0.1) is 29.9 Å². The van der Waals surface area contributed by atoms with Crippen molar-refractivity contribution < 1.29 is 5.11 Å². The van der Waals surface area contributed by atoms with E-state index in [4.69, 9.17) is 0 Å². The molecule has 4 nitrogen and oxygen atoms in total. The first-order chi connectivity index (χ1) is 7.90. The maximum Gasteiger partial charge on any atom is 0.0717 e. The van der Waals surface area contributed by atoms with Crippen LogP contribution in [0.4, 0.5) is 11.4 Å². The first-order valence-corrected chi connectivity index (χ1v) is 5.95. The van der Waals surface area contributed by atoms with Gasteiger partial charge in [-0.25, -0.2) is 0 Å². The monoisotopic (exact) mass is 237 g/mol. The fraction of sp³-hybridized carbons (Fsp3) is 0.615. The molecular weight excluding hydrogens is 214 g/mol. The van der Waals surface area contributed by atoms with Gasteiger partial charge in [-0.1, -0.05) is 20.8 Å². The van der Waals surface area contributed by atoms with Crippen molar-refractivity contribution in [1.82, 2.24) is 4.98 Å². The van der Waals surface area contributed by atoms with Crippen molar-refractivity contribution in [2.75, 3.05) is 24.2 Å². The van der Waals surface area contributed by atoms with E-state index in [-0.39, 0.29) is 11.5 Å². The Morgan fingerprint density at radius 3 is 2.53 bits per heavy atom. The number of rotatable bonds is 5. The Morgan fingerprint density at radius 1 is 1.29 bits per heavy atom. The van der Waals surface area contributed by atoms with Crippen LogP contribution < -0.4 is 10.6 Å². The van der Waals surface area contributed by atoms with E-state index in [1.807, 2.05) is 13.1 Å². The third kappa shape index (κ3) is 5.54. The van der Waals surface area contributed by atoms with E-state index in [9.17, 15) is 5.11 Å². The van der Waals surface area contributed by atoms with Gasteiger partial charge in [-0.2, -0.15) is 0 Å². The molecule has 0 bridgehead atoms. The number of aliphatic hydroxyl groups is 1. The molecular formula is C13H23N3O. The van der Waals surface area contributed by atoms with E-state index >= 15 is 0 Å². The fourth-order valence-electron chi connectivity index (χ4n) is 1.69. The summed E-state index contributed by atoms with van der Waals surface area (Å²) in [5.74, 6) is 0. The van der Waals surface area contributed by atoms with E-state index in [2.05, 4.69) is 36.4 Å². The summed E-state index contributed by atoms with van der Waals surface area (Å²) < 4.78 is 0. The van der Waals surface area contributed by atoms with Crippen molar-refractivity contribution in [3.05, 3.63) is 18.5 Å². The molecule has 0 spiro atoms. The molecule has 0 amide bonds. The van der Waals surface area contributed by atoms with Crippen molar-refractivity contribution in [1.29, 1.82) is 0 Å². The first-order valence-electron chi connectivity index (χ1n) is 5.95. The van der Waals surface area contributed by atoms with Crippen LogP contribution in [0.25, 0.3) is 0 Å². The largest absolute Gasteiger partial charge is 0.391 e. The molecule has 3 N–H and O–H groups in total. The van der Waals surface area contributed by atoms with Crippen LogP contribution in [0, 0.1) is 5.41 Å². The molecule has 1 rings (SSSR count). The third-order valence-electron chi connectivity index (χ3n) is 2.42. The SMILES string of the molecule is CNc1cncc(NCC(O)CC(C)(C)C)c1. The smallest absolute Gasteiger partial charge is 0.0717 e. The molecule has 0 fully saturated rings. The van der Waals surface area contributed by atoms with Crippen LogP contribution in [-0.2, 0) is 0 Å². The molecule has 0 aliphatic rings. The number of hydrogen-bond acceptors (Lipinski definition) is 4. The fourth-order valence-corrected chi connectivity index (χ4v) is 1.69. The van der Waals surface area contributed by atoms with Crippen LogP contribution in [0.15, 0.2) is 18.5 Å². The number of aliphatic hydroxyl groups excluding tert-OH is 1. The zero-order valence-electron chi connectivity index (χ0n) is 11.1. The predicted octanol–water partition coefficient (Wildman–Crippen LogP) is 2.33. The van der Waals surface area contributed by atoms with Crippen molar-refractivity contribution in [2.24, 2.45) is 5.41 Å². The normalized spacial score (nSPS) is 13.2. The Bertz CT molecular complexity index is 347. The summed E-state index contributed by atoms with van der Waals surface area (Å²) >= 11 is 0. The van der Waals surface area contributed by atoms with Crippen molar-refractivity contribution >= 4 is 11.4 Å². The first kappa shape index (κ1) is 13.8. The average Bonchev–Trinajstić information content (AvgIpc) is 2.24. The minimum atomic E-state index is -0.340. The highest BCUT2D eigenvalue weighted by Gasteiger charge is 2.16. The highest BCUT2D eigenvalue weighted by molar-refractivity contribution is 5.53. The van der Waals surface area contributed by atoms with Gasteiger partial charge >= 0.3 is 0 Å². The molecule has 1 unspecified atom stereocenters. The van der Waals surface area contributed by atoms with Crippen LogP contribution in [0.1, 0.15) is 27.2 Å². The van der Waals surface area contributed by atoms with Gasteiger partial charge in [0.2, 0.25) is 0 Å². The maximum absolute atomic E-state index is 9.87. The Hall–Kier alpha value is -1.29. The molecule has 0 saturated heterocycles. The molecule has 17 heavy (non-hydrogen) atoms. The van der Waals surface area contributed by atoms with Crippen LogP contribution in [-0.4, -0.2) is 29.8 Å². The summed E-state index contributed by atoms with van der Waals surface area (Å²) in [5.41, 5.74) is 2.02. The van der Waals surface area contributed by atoms with E-state index in [1.54, 1.807) is 12.4 Å². The lowest BCUT2D eigenvalue weighted by atomic mass is 9.89. The number of anilines is 2. The number of nitrogens with zero attached hydrogens (tertiary/aromatic N) is 1. The number of pyridine rings is 1. The Labute approximate surface area is 103 Å². The Kier molecular flexibility index (Phi) is 4.75. The van der Waals surface area contributed by atoms with E-state index in [1.165, 1.54) is 0 Å². The summed E-state index contributed by atoms with van der Waals surface area (Å²) in [4.78, 5) is 4.10.